The smallest absolute Gasteiger partial charge is 0.307 e. The van der Waals surface area contributed by atoms with Crippen LogP contribution in [0.5, 0.6) is 0 Å². The molecule has 0 saturated heterocycles. The number of amides is 2. The van der Waals surface area contributed by atoms with E-state index in [0.717, 1.165) is 10.5 Å². The van der Waals surface area contributed by atoms with Gasteiger partial charge in [-0.25, -0.2) is 10.2 Å². The van der Waals surface area contributed by atoms with Crippen molar-refractivity contribution in [3.63, 3.8) is 0 Å². The summed E-state index contributed by atoms with van der Waals surface area (Å²) in [6.07, 6.45) is 1.36. The van der Waals surface area contributed by atoms with E-state index < -0.39 is 11.0 Å². The third-order valence-corrected chi connectivity index (χ3v) is 4.91. The topological polar surface area (TPSA) is 96.6 Å². The summed E-state index contributed by atoms with van der Waals surface area (Å²) in [7, 11) is 0. The molecule has 3 aromatic carbocycles. The van der Waals surface area contributed by atoms with Crippen molar-refractivity contribution in [3.05, 3.63) is 94.0 Å². The van der Waals surface area contributed by atoms with E-state index in [1.807, 2.05) is 37.3 Å². The van der Waals surface area contributed by atoms with Crippen LogP contribution in [0.2, 0.25) is 0 Å². The lowest BCUT2D eigenvalue weighted by molar-refractivity contribution is -0.387. The maximum absolute atomic E-state index is 11.8. The van der Waals surface area contributed by atoms with E-state index in [4.69, 9.17) is 0 Å². The molecule has 7 nitrogen and oxygen atoms in total. The van der Waals surface area contributed by atoms with Crippen LogP contribution in [0.15, 0.2) is 87.7 Å². The fourth-order valence-corrected chi connectivity index (χ4v) is 3.32. The van der Waals surface area contributed by atoms with E-state index in [2.05, 4.69) is 15.8 Å². The Morgan fingerprint density at radius 2 is 1.79 bits per heavy atom. The molecular formula is C21H18N4O3S. The molecule has 146 valence electrons. The standard InChI is InChI=1S/C21H18N4O3S/c1-15-7-10-18(11-8-15)29-20-12-9-16(13-19(20)25(27)28)14-22-24-21(26)23-17-5-3-2-4-6-17/h2-14H,1H3,(H2,23,24,26). The predicted octanol–water partition coefficient (Wildman–Crippen LogP) is 5.21. The molecule has 8 heteroatoms. The van der Waals surface area contributed by atoms with Crippen molar-refractivity contribution in [3.8, 4) is 0 Å². The second kappa shape index (κ2) is 9.52. The molecule has 0 unspecified atom stereocenters. The zero-order chi connectivity index (χ0) is 20.6. The first kappa shape index (κ1) is 20.1. The maximum Gasteiger partial charge on any atom is 0.339 e. The van der Waals surface area contributed by atoms with Crippen LogP contribution in [-0.2, 0) is 0 Å². The monoisotopic (exact) mass is 406 g/mol. The molecule has 0 saturated carbocycles. The highest BCUT2D eigenvalue weighted by Gasteiger charge is 2.15. The number of benzene rings is 3. The van der Waals surface area contributed by atoms with Gasteiger partial charge in [-0.1, -0.05) is 53.7 Å². The van der Waals surface area contributed by atoms with Gasteiger partial charge in [0.2, 0.25) is 0 Å². The molecule has 0 radical (unpaired) electrons. The number of rotatable bonds is 6. The number of hydrogen-bond donors (Lipinski definition) is 2. The number of hydrazone groups is 1. The van der Waals surface area contributed by atoms with E-state index in [-0.39, 0.29) is 5.69 Å². The molecule has 0 heterocycles. The first-order valence-corrected chi connectivity index (χ1v) is 9.51. The van der Waals surface area contributed by atoms with Crippen molar-refractivity contribution in [2.24, 2.45) is 5.10 Å². The van der Waals surface area contributed by atoms with Gasteiger partial charge in [0.05, 0.1) is 16.0 Å². The third kappa shape index (κ3) is 5.91. The highest BCUT2D eigenvalue weighted by molar-refractivity contribution is 7.99. The average molecular weight is 406 g/mol. The highest BCUT2D eigenvalue weighted by Crippen LogP contribution is 2.35. The molecule has 0 atom stereocenters. The van der Waals surface area contributed by atoms with Crippen molar-refractivity contribution in [1.29, 1.82) is 0 Å². The Morgan fingerprint density at radius 3 is 2.48 bits per heavy atom. The van der Waals surface area contributed by atoms with E-state index in [1.54, 1.807) is 36.4 Å². The summed E-state index contributed by atoms with van der Waals surface area (Å²) >= 11 is 1.32. The van der Waals surface area contributed by atoms with Crippen molar-refractivity contribution >= 4 is 35.4 Å². The minimum absolute atomic E-state index is 0.0201. The molecule has 0 aliphatic carbocycles. The van der Waals surface area contributed by atoms with Gasteiger partial charge in [-0.05, 0) is 37.3 Å². The van der Waals surface area contributed by atoms with E-state index >= 15 is 0 Å². The van der Waals surface area contributed by atoms with Gasteiger partial charge in [0, 0.05) is 22.2 Å². The van der Waals surface area contributed by atoms with Gasteiger partial charge in [0.1, 0.15) is 0 Å². The Labute approximate surface area is 172 Å². The van der Waals surface area contributed by atoms with Crippen LogP contribution in [0.3, 0.4) is 0 Å². The number of hydrogen-bond acceptors (Lipinski definition) is 5. The molecule has 0 bridgehead atoms. The average Bonchev–Trinajstić information content (AvgIpc) is 2.71. The molecule has 29 heavy (non-hydrogen) atoms. The lowest BCUT2D eigenvalue weighted by Gasteiger charge is -2.05. The van der Waals surface area contributed by atoms with Crippen LogP contribution in [-0.4, -0.2) is 17.2 Å². The predicted molar refractivity (Wildman–Crippen MR) is 115 cm³/mol. The van der Waals surface area contributed by atoms with Crippen LogP contribution in [0.1, 0.15) is 11.1 Å². The van der Waals surface area contributed by atoms with Crippen LogP contribution in [0.25, 0.3) is 0 Å². The molecular weight excluding hydrogens is 388 g/mol. The summed E-state index contributed by atoms with van der Waals surface area (Å²) in [6, 6.07) is 21.0. The van der Waals surface area contributed by atoms with Gasteiger partial charge in [-0.15, -0.1) is 0 Å². The van der Waals surface area contributed by atoms with E-state index in [9.17, 15) is 14.9 Å². The summed E-state index contributed by atoms with van der Waals surface area (Å²) in [5.41, 5.74) is 4.57. The summed E-state index contributed by atoms with van der Waals surface area (Å²) in [5, 5.41) is 17.9. The normalized spacial score (nSPS) is 10.7. The summed E-state index contributed by atoms with van der Waals surface area (Å²) in [6.45, 7) is 1.99. The number of nitro groups is 1. The zero-order valence-electron chi connectivity index (χ0n) is 15.5. The minimum Gasteiger partial charge on any atom is -0.307 e. The summed E-state index contributed by atoms with van der Waals surface area (Å²) in [5.74, 6) is 0. The number of urea groups is 1. The molecule has 3 rings (SSSR count). The summed E-state index contributed by atoms with van der Waals surface area (Å²) in [4.78, 5) is 24.3. The number of carbonyl (C=O) groups is 1. The number of para-hydroxylation sites is 1. The van der Waals surface area contributed by atoms with Gasteiger partial charge in [0.25, 0.3) is 5.69 Å². The maximum atomic E-state index is 11.8. The molecule has 0 fully saturated rings. The van der Waals surface area contributed by atoms with Crippen molar-refractivity contribution in [2.45, 2.75) is 16.7 Å². The molecule has 3 aromatic rings. The van der Waals surface area contributed by atoms with E-state index in [0.29, 0.717) is 16.1 Å². The molecule has 0 aromatic heterocycles. The molecule has 0 spiro atoms. The molecule has 0 aliphatic rings. The number of nitrogens with zero attached hydrogens (tertiary/aromatic N) is 2. The van der Waals surface area contributed by atoms with Crippen molar-refractivity contribution < 1.29 is 9.72 Å². The third-order valence-electron chi connectivity index (χ3n) is 3.84. The Balaban J connectivity index is 1.67. The quantitative estimate of drug-likeness (QED) is 0.334. The van der Waals surface area contributed by atoms with Gasteiger partial charge in [-0.3, -0.25) is 10.1 Å². The van der Waals surface area contributed by atoms with Crippen molar-refractivity contribution in [1.82, 2.24) is 5.43 Å². The largest absolute Gasteiger partial charge is 0.339 e. The molecule has 0 aliphatic heterocycles. The number of anilines is 1. The Hall–Kier alpha value is -3.65. The van der Waals surface area contributed by atoms with Gasteiger partial charge < -0.3 is 5.32 Å². The fourth-order valence-electron chi connectivity index (χ4n) is 2.42. The zero-order valence-corrected chi connectivity index (χ0v) is 16.3. The van der Waals surface area contributed by atoms with Crippen LogP contribution >= 0.6 is 11.8 Å². The Bertz CT molecular complexity index is 1040. The lowest BCUT2D eigenvalue weighted by atomic mass is 10.2. The number of nitrogens with one attached hydrogen (secondary N) is 2. The number of nitro benzene ring substituents is 1. The van der Waals surface area contributed by atoms with Crippen LogP contribution in [0.4, 0.5) is 16.2 Å². The second-order valence-electron chi connectivity index (χ2n) is 6.09. The van der Waals surface area contributed by atoms with E-state index in [1.165, 1.54) is 24.0 Å². The first-order chi connectivity index (χ1) is 14.0. The van der Waals surface area contributed by atoms with Gasteiger partial charge in [-0.2, -0.15) is 5.10 Å². The fraction of sp³-hybridized carbons (Fsp3) is 0.0476. The summed E-state index contributed by atoms with van der Waals surface area (Å²) < 4.78 is 0. The Morgan fingerprint density at radius 1 is 1.07 bits per heavy atom. The van der Waals surface area contributed by atoms with Crippen LogP contribution in [0, 0.1) is 17.0 Å². The van der Waals surface area contributed by atoms with Gasteiger partial charge in [0.15, 0.2) is 0 Å². The number of aryl methyl sites for hydroxylation is 1. The van der Waals surface area contributed by atoms with Crippen molar-refractivity contribution in [2.75, 3.05) is 5.32 Å². The number of carbonyl (C=O) groups excluding carboxylic acids is 1. The minimum atomic E-state index is -0.506. The van der Waals surface area contributed by atoms with Gasteiger partial charge >= 0.3 is 6.03 Å². The highest BCUT2D eigenvalue weighted by atomic mass is 32.2. The molecule has 2 amide bonds. The SMILES string of the molecule is Cc1ccc(Sc2ccc(C=NNC(=O)Nc3ccccc3)cc2[N+](=O)[O-])cc1. The second-order valence-corrected chi connectivity index (χ2v) is 7.20. The van der Waals surface area contributed by atoms with Crippen LogP contribution < -0.4 is 10.7 Å². The Kier molecular flexibility index (Phi) is 6.59. The first-order valence-electron chi connectivity index (χ1n) is 8.69. The molecule has 2 N–H and O–H groups in total. The lowest BCUT2D eigenvalue weighted by Crippen LogP contribution is -2.24.